The van der Waals surface area contributed by atoms with Gasteiger partial charge in [0.2, 0.25) is 11.8 Å². The molecule has 39 heavy (non-hydrogen) atoms. The van der Waals surface area contributed by atoms with Crippen molar-refractivity contribution in [1.29, 1.82) is 0 Å². The van der Waals surface area contributed by atoms with E-state index in [-0.39, 0.29) is 31.8 Å². The van der Waals surface area contributed by atoms with E-state index in [1.165, 1.54) is 11.7 Å². The van der Waals surface area contributed by atoms with Gasteiger partial charge in [-0.25, -0.2) is 4.79 Å². The molecule has 0 spiro atoms. The second kappa shape index (κ2) is 12.4. The number of rotatable bonds is 10. The summed E-state index contributed by atoms with van der Waals surface area (Å²) >= 11 is 6.06. The SMILES string of the molecule is COc1ccc(Cl)cc1NC(=O)Cn1c(=O)n(CCCC(=O)NCc2ccc(C)cc2)c(=O)c2ccccc21. The second-order valence-corrected chi connectivity index (χ2v) is 9.54. The van der Waals surface area contributed by atoms with Crippen LogP contribution in [0.4, 0.5) is 5.69 Å². The number of hydrogen-bond donors (Lipinski definition) is 2. The molecule has 9 nitrogen and oxygen atoms in total. The molecule has 10 heteroatoms. The van der Waals surface area contributed by atoms with Crippen molar-refractivity contribution in [3.8, 4) is 5.75 Å². The molecule has 0 aliphatic carbocycles. The minimum Gasteiger partial charge on any atom is -0.495 e. The Labute approximate surface area is 230 Å². The molecule has 0 unspecified atom stereocenters. The zero-order chi connectivity index (χ0) is 27.9. The monoisotopic (exact) mass is 548 g/mol. The third-order valence-corrected chi connectivity index (χ3v) is 6.50. The van der Waals surface area contributed by atoms with Crippen LogP contribution in [0.5, 0.6) is 5.75 Å². The maximum Gasteiger partial charge on any atom is 0.331 e. The van der Waals surface area contributed by atoms with Crippen LogP contribution in [0, 0.1) is 6.92 Å². The first kappa shape index (κ1) is 27.7. The van der Waals surface area contributed by atoms with Crippen LogP contribution in [0.2, 0.25) is 5.02 Å². The Bertz CT molecular complexity index is 1630. The van der Waals surface area contributed by atoms with Gasteiger partial charge in [-0.15, -0.1) is 0 Å². The maximum absolute atomic E-state index is 13.4. The molecule has 2 amide bonds. The molecular formula is C29H29ClN4O5. The Balaban J connectivity index is 1.49. The van der Waals surface area contributed by atoms with Crippen LogP contribution in [0.15, 0.2) is 76.3 Å². The molecule has 0 saturated carbocycles. The number of benzene rings is 3. The van der Waals surface area contributed by atoms with Crippen molar-refractivity contribution in [2.24, 2.45) is 0 Å². The summed E-state index contributed by atoms with van der Waals surface area (Å²) in [6.45, 7) is 2.08. The average Bonchev–Trinajstić information content (AvgIpc) is 2.92. The molecule has 0 saturated heterocycles. The molecule has 4 rings (SSSR count). The number of halogens is 1. The van der Waals surface area contributed by atoms with Gasteiger partial charge in [0.15, 0.2) is 0 Å². The Morgan fingerprint density at radius 2 is 1.69 bits per heavy atom. The average molecular weight is 549 g/mol. The van der Waals surface area contributed by atoms with E-state index in [9.17, 15) is 19.2 Å². The van der Waals surface area contributed by atoms with Gasteiger partial charge in [0.05, 0.1) is 23.7 Å². The number of para-hydroxylation sites is 1. The summed E-state index contributed by atoms with van der Waals surface area (Å²) in [5.41, 5.74) is 1.72. The summed E-state index contributed by atoms with van der Waals surface area (Å²) in [7, 11) is 1.47. The first-order chi connectivity index (χ1) is 18.8. The number of nitrogens with one attached hydrogen (secondary N) is 2. The smallest absolute Gasteiger partial charge is 0.331 e. The lowest BCUT2D eigenvalue weighted by molar-refractivity contribution is -0.121. The van der Waals surface area contributed by atoms with Crippen molar-refractivity contribution >= 4 is 40.0 Å². The first-order valence-electron chi connectivity index (χ1n) is 12.4. The van der Waals surface area contributed by atoms with E-state index >= 15 is 0 Å². The van der Waals surface area contributed by atoms with E-state index in [4.69, 9.17) is 16.3 Å². The molecule has 1 aromatic heterocycles. The van der Waals surface area contributed by atoms with Crippen molar-refractivity contribution < 1.29 is 14.3 Å². The predicted molar refractivity (Wildman–Crippen MR) is 151 cm³/mol. The highest BCUT2D eigenvalue weighted by molar-refractivity contribution is 6.31. The molecule has 3 aromatic carbocycles. The van der Waals surface area contributed by atoms with Crippen molar-refractivity contribution in [1.82, 2.24) is 14.5 Å². The molecular weight excluding hydrogens is 520 g/mol. The number of ether oxygens (including phenoxy) is 1. The second-order valence-electron chi connectivity index (χ2n) is 9.10. The van der Waals surface area contributed by atoms with Gasteiger partial charge in [-0.1, -0.05) is 53.6 Å². The fourth-order valence-electron chi connectivity index (χ4n) is 4.22. The van der Waals surface area contributed by atoms with E-state index in [2.05, 4.69) is 10.6 Å². The highest BCUT2D eigenvalue weighted by Gasteiger charge is 2.17. The summed E-state index contributed by atoms with van der Waals surface area (Å²) in [4.78, 5) is 51.8. The normalized spacial score (nSPS) is 10.8. The molecule has 0 bridgehead atoms. The Kier molecular flexibility index (Phi) is 8.83. The molecule has 0 aliphatic heterocycles. The molecule has 0 radical (unpaired) electrons. The van der Waals surface area contributed by atoms with Crippen LogP contribution in [0.3, 0.4) is 0 Å². The van der Waals surface area contributed by atoms with Gasteiger partial charge >= 0.3 is 5.69 Å². The van der Waals surface area contributed by atoms with Crippen molar-refractivity contribution in [2.75, 3.05) is 12.4 Å². The minimum atomic E-state index is -0.632. The summed E-state index contributed by atoms with van der Waals surface area (Å²) < 4.78 is 7.59. The minimum absolute atomic E-state index is 0.0319. The van der Waals surface area contributed by atoms with Crippen LogP contribution < -0.4 is 26.6 Å². The van der Waals surface area contributed by atoms with Crippen LogP contribution in [-0.4, -0.2) is 28.1 Å². The molecule has 0 atom stereocenters. The number of aromatic nitrogens is 2. The number of methoxy groups -OCH3 is 1. The topological polar surface area (TPSA) is 111 Å². The van der Waals surface area contributed by atoms with Crippen molar-refractivity contribution in [2.45, 2.75) is 39.4 Å². The number of hydrogen-bond acceptors (Lipinski definition) is 5. The lowest BCUT2D eigenvalue weighted by Crippen LogP contribution is -2.42. The highest BCUT2D eigenvalue weighted by atomic mass is 35.5. The number of aryl methyl sites for hydroxylation is 1. The fraction of sp³-hybridized carbons (Fsp3) is 0.241. The Morgan fingerprint density at radius 3 is 2.44 bits per heavy atom. The number of carbonyl (C=O) groups excluding carboxylic acids is 2. The lowest BCUT2D eigenvalue weighted by Gasteiger charge is -2.15. The number of anilines is 1. The fourth-order valence-corrected chi connectivity index (χ4v) is 4.40. The summed E-state index contributed by atoms with van der Waals surface area (Å²) in [5.74, 6) is -0.265. The van der Waals surface area contributed by atoms with Crippen molar-refractivity contribution in [3.05, 3.63) is 104 Å². The molecule has 0 fully saturated rings. The van der Waals surface area contributed by atoms with E-state index < -0.39 is 17.2 Å². The molecule has 0 aliphatic rings. The van der Waals surface area contributed by atoms with E-state index in [1.54, 1.807) is 42.5 Å². The van der Waals surface area contributed by atoms with Gasteiger partial charge in [0.1, 0.15) is 12.3 Å². The van der Waals surface area contributed by atoms with Gasteiger partial charge < -0.3 is 15.4 Å². The van der Waals surface area contributed by atoms with E-state index in [0.29, 0.717) is 33.9 Å². The number of nitrogens with zero attached hydrogens (tertiary/aromatic N) is 2. The zero-order valence-corrected chi connectivity index (χ0v) is 22.5. The largest absolute Gasteiger partial charge is 0.495 e. The van der Waals surface area contributed by atoms with E-state index in [1.807, 2.05) is 31.2 Å². The Hall–Kier alpha value is -4.37. The lowest BCUT2D eigenvalue weighted by atomic mass is 10.1. The van der Waals surface area contributed by atoms with Gasteiger partial charge in [-0.3, -0.25) is 23.5 Å². The first-order valence-corrected chi connectivity index (χ1v) is 12.8. The third-order valence-electron chi connectivity index (χ3n) is 6.27. The van der Waals surface area contributed by atoms with Gasteiger partial charge in [-0.2, -0.15) is 0 Å². The number of fused-ring (bicyclic) bond motifs is 1. The molecule has 2 N–H and O–H groups in total. The van der Waals surface area contributed by atoms with Crippen molar-refractivity contribution in [3.63, 3.8) is 0 Å². The standard InChI is InChI=1S/C29H29ClN4O5/c1-19-9-11-20(12-10-19)17-31-26(35)8-5-15-33-28(37)22-6-3-4-7-24(22)34(29(33)38)18-27(36)32-23-16-21(30)13-14-25(23)39-2/h3-4,6-7,9-14,16H,5,8,15,17-18H2,1-2H3,(H,31,35)(H,32,36). The number of carbonyl (C=O) groups is 2. The third kappa shape index (κ3) is 6.74. The van der Waals surface area contributed by atoms with Crippen LogP contribution in [0.25, 0.3) is 10.9 Å². The number of amides is 2. The Morgan fingerprint density at radius 1 is 0.949 bits per heavy atom. The van der Waals surface area contributed by atoms with Crippen LogP contribution in [0.1, 0.15) is 24.0 Å². The maximum atomic E-state index is 13.4. The van der Waals surface area contributed by atoms with Crippen LogP contribution >= 0.6 is 11.6 Å². The predicted octanol–water partition coefficient (Wildman–Crippen LogP) is 3.87. The zero-order valence-electron chi connectivity index (χ0n) is 21.7. The van der Waals surface area contributed by atoms with Gasteiger partial charge in [0.25, 0.3) is 5.56 Å². The summed E-state index contributed by atoms with van der Waals surface area (Å²) in [6.07, 6.45) is 0.415. The molecule has 4 aromatic rings. The summed E-state index contributed by atoms with van der Waals surface area (Å²) in [6, 6.07) is 19.3. The van der Waals surface area contributed by atoms with Gasteiger partial charge in [0, 0.05) is 24.5 Å². The summed E-state index contributed by atoms with van der Waals surface area (Å²) in [5, 5.41) is 6.28. The van der Waals surface area contributed by atoms with E-state index in [0.717, 1.165) is 15.7 Å². The van der Waals surface area contributed by atoms with Gasteiger partial charge in [-0.05, 0) is 49.2 Å². The molecule has 202 valence electrons. The van der Waals surface area contributed by atoms with Crippen LogP contribution in [-0.2, 0) is 29.2 Å². The highest BCUT2D eigenvalue weighted by Crippen LogP contribution is 2.27. The molecule has 1 heterocycles. The quantitative estimate of drug-likeness (QED) is 0.312.